The Morgan fingerprint density at radius 2 is 2.22 bits per heavy atom. The van der Waals surface area contributed by atoms with Crippen LogP contribution in [0.4, 0.5) is 5.69 Å². The number of nitrogens with one attached hydrogen (secondary N) is 1. The number of hydrogen-bond donors (Lipinski definition) is 1. The molecule has 2 fully saturated rings. The van der Waals surface area contributed by atoms with Gasteiger partial charge in [-0.25, -0.2) is 0 Å². The highest BCUT2D eigenvalue weighted by atomic mass is 16.6. The molecule has 3 atom stereocenters. The summed E-state index contributed by atoms with van der Waals surface area (Å²) in [5.74, 6) is 0. The Kier molecular flexibility index (Phi) is 3.01. The quantitative estimate of drug-likeness (QED) is 0.654. The van der Waals surface area contributed by atoms with Crippen LogP contribution in [-0.2, 0) is 11.3 Å². The fraction of sp³-hybridized carbons (Fsp3) is 0.538. The van der Waals surface area contributed by atoms with Crippen molar-refractivity contribution >= 4 is 5.69 Å². The topological polar surface area (TPSA) is 64.4 Å². The first-order chi connectivity index (χ1) is 8.74. The smallest absolute Gasteiger partial charge is 0.273 e. The van der Waals surface area contributed by atoms with Crippen molar-refractivity contribution in [3.8, 4) is 0 Å². The van der Waals surface area contributed by atoms with E-state index in [1.165, 1.54) is 0 Å². The summed E-state index contributed by atoms with van der Waals surface area (Å²) < 4.78 is 5.75. The molecule has 0 radical (unpaired) electrons. The molecule has 0 aromatic heterocycles. The number of para-hydroxylation sites is 1. The lowest BCUT2D eigenvalue weighted by atomic mass is 9.95. The van der Waals surface area contributed by atoms with Crippen LogP contribution in [0.15, 0.2) is 24.3 Å². The predicted octanol–water partition coefficient (Wildman–Crippen LogP) is 2.00. The van der Waals surface area contributed by atoms with Crippen LogP contribution in [0, 0.1) is 10.1 Å². The minimum absolute atomic E-state index is 0.189. The normalized spacial score (nSPS) is 29.7. The van der Waals surface area contributed by atoms with E-state index < -0.39 is 0 Å². The van der Waals surface area contributed by atoms with E-state index in [2.05, 4.69) is 5.32 Å². The average Bonchev–Trinajstić information content (AvgIpc) is 2.98. The van der Waals surface area contributed by atoms with E-state index in [9.17, 15) is 10.1 Å². The second-order valence-corrected chi connectivity index (χ2v) is 4.98. The van der Waals surface area contributed by atoms with Gasteiger partial charge in [0, 0.05) is 24.2 Å². The maximum absolute atomic E-state index is 10.9. The first-order valence-electron chi connectivity index (χ1n) is 6.35. The molecule has 1 N–H and O–H groups in total. The van der Waals surface area contributed by atoms with Gasteiger partial charge in [0.1, 0.15) is 0 Å². The van der Waals surface area contributed by atoms with Crippen molar-refractivity contribution in [3.63, 3.8) is 0 Å². The molecule has 3 rings (SSSR count). The molecule has 2 aliphatic heterocycles. The van der Waals surface area contributed by atoms with Crippen LogP contribution in [0.5, 0.6) is 0 Å². The number of nitro groups is 1. The second-order valence-electron chi connectivity index (χ2n) is 4.98. The van der Waals surface area contributed by atoms with Gasteiger partial charge < -0.3 is 10.1 Å². The zero-order valence-electron chi connectivity index (χ0n) is 10.0. The van der Waals surface area contributed by atoms with Gasteiger partial charge in [0.05, 0.1) is 17.1 Å². The largest absolute Gasteiger partial charge is 0.373 e. The molecule has 5 heteroatoms. The molecule has 2 saturated heterocycles. The van der Waals surface area contributed by atoms with Crippen molar-refractivity contribution in [1.29, 1.82) is 0 Å². The third-order valence-corrected chi connectivity index (χ3v) is 3.85. The standard InChI is InChI=1S/C13H16N2O3/c16-15(17)12-4-2-1-3-9(12)8-14-11-7-10-5-6-13(11)18-10/h1-4,10-11,13-14H,5-8H2. The Balaban J connectivity index is 1.65. The van der Waals surface area contributed by atoms with E-state index >= 15 is 0 Å². The zero-order valence-corrected chi connectivity index (χ0v) is 10.0. The van der Waals surface area contributed by atoms with E-state index in [4.69, 9.17) is 4.74 Å². The maximum Gasteiger partial charge on any atom is 0.273 e. The van der Waals surface area contributed by atoms with Gasteiger partial charge in [-0.1, -0.05) is 18.2 Å². The lowest BCUT2D eigenvalue weighted by Crippen LogP contribution is -2.37. The third kappa shape index (κ3) is 2.11. The molecule has 3 unspecified atom stereocenters. The molecule has 0 amide bonds. The van der Waals surface area contributed by atoms with Crippen LogP contribution in [0.25, 0.3) is 0 Å². The van der Waals surface area contributed by atoms with Crippen molar-refractivity contribution in [3.05, 3.63) is 39.9 Å². The summed E-state index contributed by atoms with van der Waals surface area (Å²) in [5, 5.41) is 14.3. The highest BCUT2D eigenvalue weighted by molar-refractivity contribution is 5.39. The summed E-state index contributed by atoms with van der Waals surface area (Å²) in [6.45, 7) is 0.536. The van der Waals surface area contributed by atoms with Crippen molar-refractivity contribution in [2.24, 2.45) is 0 Å². The van der Waals surface area contributed by atoms with E-state index in [1.54, 1.807) is 18.2 Å². The zero-order chi connectivity index (χ0) is 12.5. The van der Waals surface area contributed by atoms with E-state index in [0.717, 1.165) is 24.8 Å². The molecule has 1 aromatic rings. The third-order valence-electron chi connectivity index (χ3n) is 3.85. The van der Waals surface area contributed by atoms with Crippen molar-refractivity contribution in [2.75, 3.05) is 0 Å². The Morgan fingerprint density at radius 3 is 2.89 bits per heavy atom. The Labute approximate surface area is 105 Å². The van der Waals surface area contributed by atoms with E-state index in [-0.39, 0.29) is 10.6 Å². The fourth-order valence-electron chi connectivity index (χ4n) is 2.93. The Morgan fingerprint density at radius 1 is 1.39 bits per heavy atom. The average molecular weight is 248 g/mol. The highest BCUT2D eigenvalue weighted by Gasteiger charge is 2.40. The van der Waals surface area contributed by atoms with Gasteiger partial charge in [0.25, 0.3) is 5.69 Å². The van der Waals surface area contributed by atoms with Gasteiger partial charge in [0.15, 0.2) is 0 Å². The number of benzene rings is 1. The molecule has 96 valence electrons. The van der Waals surface area contributed by atoms with Gasteiger partial charge in [-0.3, -0.25) is 10.1 Å². The summed E-state index contributed by atoms with van der Waals surface area (Å²) in [6.07, 6.45) is 4.01. The lowest BCUT2D eigenvalue weighted by molar-refractivity contribution is -0.385. The maximum atomic E-state index is 10.9. The van der Waals surface area contributed by atoms with Gasteiger partial charge in [-0.15, -0.1) is 0 Å². The predicted molar refractivity (Wildman–Crippen MR) is 66.2 cm³/mol. The number of fused-ring (bicyclic) bond motifs is 2. The van der Waals surface area contributed by atoms with E-state index in [0.29, 0.717) is 24.8 Å². The van der Waals surface area contributed by atoms with Crippen molar-refractivity contribution in [2.45, 2.75) is 44.1 Å². The van der Waals surface area contributed by atoms with Crippen LogP contribution in [-0.4, -0.2) is 23.2 Å². The number of ether oxygens (including phenoxy) is 1. The van der Waals surface area contributed by atoms with Gasteiger partial charge in [-0.05, 0) is 19.3 Å². The lowest BCUT2D eigenvalue weighted by Gasteiger charge is -2.19. The molecular formula is C13H16N2O3. The monoisotopic (exact) mass is 248 g/mol. The van der Waals surface area contributed by atoms with Gasteiger partial charge >= 0.3 is 0 Å². The first kappa shape index (κ1) is 11.6. The fourth-order valence-corrected chi connectivity index (χ4v) is 2.93. The molecule has 2 heterocycles. The van der Waals surface area contributed by atoms with Crippen LogP contribution < -0.4 is 5.32 Å². The molecule has 0 saturated carbocycles. The molecular weight excluding hydrogens is 232 g/mol. The number of nitrogens with zero attached hydrogens (tertiary/aromatic N) is 1. The van der Waals surface area contributed by atoms with Gasteiger partial charge in [-0.2, -0.15) is 0 Å². The molecule has 5 nitrogen and oxygen atoms in total. The molecule has 0 aliphatic carbocycles. The molecule has 2 bridgehead atoms. The van der Waals surface area contributed by atoms with Crippen LogP contribution in [0.3, 0.4) is 0 Å². The van der Waals surface area contributed by atoms with Gasteiger partial charge in [0.2, 0.25) is 0 Å². The Hall–Kier alpha value is -1.46. The molecule has 1 aromatic carbocycles. The number of rotatable bonds is 4. The first-order valence-corrected chi connectivity index (χ1v) is 6.35. The van der Waals surface area contributed by atoms with E-state index in [1.807, 2.05) is 6.07 Å². The molecule has 2 aliphatic rings. The van der Waals surface area contributed by atoms with Crippen LogP contribution in [0.2, 0.25) is 0 Å². The van der Waals surface area contributed by atoms with Crippen LogP contribution >= 0.6 is 0 Å². The summed E-state index contributed by atoms with van der Waals surface area (Å²) in [5.41, 5.74) is 0.930. The second kappa shape index (κ2) is 4.66. The van der Waals surface area contributed by atoms with Crippen molar-refractivity contribution < 1.29 is 9.66 Å². The summed E-state index contributed by atoms with van der Waals surface area (Å²) >= 11 is 0. The summed E-state index contributed by atoms with van der Waals surface area (Å²) in [6, 6.07) is 7.24. The number of nitro benzene ring substituents is 1. The highest BCUT2D eigenvalue weighted by Crippen LogP contribution is 2.34. The SMILES string of the molecule is O=[N+]([O-])c1ccccc1CNC1CC2CCC1O2. The minimum atomic E-state index is -0.325. The summed E-state index contributed by atoms with van der Waals surface area (Å²) in [4.78, 5) is 10.6. The summed E-state index contributed by atoms with van der Waals surface area (Å²) in [7, 11) is 0. The minimum Gasteiger partial charge on any atom is -0.373 e. The molecule has 0 spiro atoms. The van der Waals surface area contributed by atoms with Crippen molar-refractivity contribution in [1.82, 2.24) is 5.32 Å². The molecule has 18 heavy (non-hydrogen) atoms. The van der Waals surface area contributed by atoms with Crippen LogP contribution in [0.1, 0.15) is 24.8 Å². The number of hydrogen-bond acceptors (Lipinski definition) is 4. The Bertz CT molecular complexity index is 463.